The summed E-state index contributed by atoms with van der Waals surface area (Å²) in [5, 5.41) is 5.71. The third-order valence-corrected chi connectivity index (χ3v) is 4.86. The van der Waals surface area contributed by atoms with E-state index in [0.29, 0.717) is 42.2 Å². The molecule has 2 N–H and O–H groups in total. The van der Waals surface area contributed by atoms with Crippen LogP contribution in [0.4, 0.5) is 20.6 Å². The number of ether oxygens (including phenoxy) is 1. The Morgan fingerprint density at radius 2 is 1.72 bits per heavy atom. The normalized spacial score (nSPS) is 10.3. The molecule has 3 aromatic rings. The van der Waals surface area contributed by atoms with Crippen molar-refractivity contribution in [3.8, 4) is 5.75 Å². The van der Waals surface area contributed by atoms with Crippen LogP contribution in [0, 0.1) is 12.7 Å². The highest BCUT2D eigenvalue weighted by Gasteiger charge is 2.16. The summed E-state index contributed by atoms with van der Waals surface area (Å²) in [7, 11) is 1.54. The van der Waals surface area contributed by atoms with Crippen LogP contribution in [0.25, 0.3) is 0 Å². The Morgan fingerprint density at radius 1 is 1.00 bits per heavy atom. The van der Waals surface area contributed by atoms with Gasteiger partial charge in [0.25, 0.3) is 5.91 Å². The topological polar surface area (TPSA) is 70.7 Å². The molecule has 0 fully saturated rings. The highest BCUT2D eigenvalue weighted by atomic mass is 19.1. The van der Waals surface area contributed by atoms with Gasteiger partial charge >= 0.3 is 6.03 Å². The largest absolute Gasteiger partial charge is 0.497 e. The molecule has 3 rings (SSSR count). The van der Waals surface area contributed by atoms with Gasteiger partial charge in [0.15, 0.2) is 0 Å². The molecule has 0 radical (unpaired) electrons. The smallest absolute Gasteiger partial charge is 0.326 e. The Kier molecular flexibility index (Phi) is 7.80. The summed E-state index contributed by atoms with van der Waals surface area (Å²) >= 11 is 0. The average Bonchev–Trinajstić information content (AvgIpc) is 2.81. The van der Waals surface area contributed by atoms with Crippen molar-refractivity contribution in [3.05, 3.63) is 89.7 Å². The monoisotopic (exact) mass is 435 g/mol. The Labute approximate surface area is 187 Å². The standard InChI is InChI=1S/C25H26FN3O3/c1-18-7-11-21(12-8-18)28-25(31)29(22-13-9-20(26)10-14-22)16-4-15-27-24(30)19-5-3-6-23(17-19)32-2/h3,5-14,17H,4,15-16H2,1-2H3,(H,27,30)(H,28,31). The van der Waals surface area contributed by atoms with Crippen LogP contribution < -0.4 is 20.3 Å². The van der Waals surface area contributed by atoms with Gasteiger partial charge in [0.1, 0.15) is 11.6 Å². The maximum atomic E-state index is 13.4. The number of hydrogen-bond donors (Lipinski definition) is 2. The average molecular weight is 435 g/mol. The second-order valence-corrected chi connectivity index (χ2v) is 7.27. The van der Waals surface area contributed by atoms with Gasteiger partial charge in [-0.15, -0.1) is 0 Å². The van der Waals surface area contributed by atoms with E-state index in [2.05, 4.69) is 10.6 Å². The highest BCUT2D eigenvalue weighted by Crippen LogP contribution is 2.18. The van der Waals surface area contributed by atoms with E-state index < -0.39 is 0 Å². The number of urea groups is 1. The molecule has 32 heavy (non-hydrogen) atoms. The number of carbonyl (C=O) groups is 2. The lowest BCUT2D eigenvalue weighted by atomic mass is 10.2. The number of aryl methyl sites for hydroxylation is 1. The van der Waals surface area contributed by atoms with Crippen LogP contribution in [0.15, 0.2) is 72.8 Å². The summed E-state index contributed by atoms with van der Waals surface area (Å²) in [6, 6.07) is 19.7. The zero-order chi connectivity index (χ0) is 22.9. The van der Waals surface area contributed by atoms with Gasteiger partial charge in [-0.2, -0.15) is 0 Å². The van der Waals surface area contributed by atoms with E-state index >= 15 is 0 Å². The van der Waals surface area contributed by atoms with E-state index in [-0.39, 0.29) is 17.8 Å². The van der Waals surface area contributed by atoms with Crippen molar-refractivity contribution in [2.24, 2.45) is 0 Å². The summed E-state index contributed by atoms with van der Waals surface area (Å²) in [4.78, 5) is 26.8. The molecule has 0 saturated heterocycles. The van der Waals surface area contributed by atoms with Crippen molar-refractivity contribution in [1.29, 1.82) is 0 Å². The number of hydrogen-bond acceptors (Lipinski definition) is 3. The molecule has 0 aromatic heterocycles. The number of methoxy groups -OCH3 is 1. The Hall–Kier alpha value is -3.87. The van der Waals surface area contributed by atoms with E-state index in [4.69, 9.17) is 4.74 Å². The van der Waals surface area contributed by atoms with Crippen LogP contribution >= 0.6 is 0 Å². The molecule has 6 nitrogen and oxygen atoms in total. The van der Waals surface area contributed by atoms with Gasteiger partial charge in [0, 0.05) is 30.0 Å². The van der Waals surface area contributed by atoms with Crippen molar-refractivity contribution < 1.29 is 18.7 Å². The van der Waals surface area contributed by atoms with Gasteiger partial charge in [0.05, 0.1) is 7.11 Å². The molecule has 0 bridgehead atoms. The SMILES string of the molecule is COc1cccc(C(=O)NCCCN(C(=O)Nc2ccc(C)cc2)c2ccc(F)cc2)c1. The van der Waals surface area contributed by atoms with Gasteiger partial charge in [-0.3, -0.25) is 9.69 Å². The molecule has 3 amide bonds. The summed E-state index contributed by atoms with van der Waals surface area (Å²) < 4.78 is 18.5. The molecular formula is C25H26FN3O3. The number of nitrogens with one attached hydrogen (secondary N) is 2. The lowest BCUT2D eigenvalue weighted by Crippen LogP contribution is -2.37. The first-order chi connectivity index (χ1) is 15.5. The van der Waals surface area contributed by atoms with Crippen LogP contribution in [0.3, 0.4) is 0 Å². The quantitative estimate of drug-likeness (QED) is 0.489. The van der Waals surface area contributed by atoms with Gasteiger partial charge < -0.3 is 15.4 Å². The Morgan fingerprint density at radius 3 is 2.41 bits per heavy atom. The molecule has 0 aliphatic rings. The van der Waals surface area contributed by atoms with Gasteiger partial charge in [0.2, 0.25) is 0 Å². The number of amides is 3. The number of benzene rings is 3. The van der Waals surface area contributed by atoms with Crippen LogP contribution in [-0.4, -0.2) is 32.1 Å². The summed E-state index contributed by atoms with van der Waals surface area (Å²) in [6.45, 7) is 2.67. The molecular weight excluding hydrogens is 409 g/mol. The third kappa shape index (κ3) is 6.31. The molecule has 0 spiro atoms. The fourth-order valence-electron chi connectivity index (χ4n) is 3.10. The first-order valence-corrected chi connectivity index (χ1v) is 10.3. The second kappa shape index (κ2) is 10.9. The summed E-state index contributed by atoms with van der Waals surface area (Å²) in [5.41, 5.74) is 2.82. The number of carbonyl (C=O) groups excluding carboxylic acids is 2. The van der Waals surface area contributed by atoms with Crippen LogP contribution in [0.2, 0.25) is 0 Å². The van der Waals surface area contributed by atoms with Crippen molar-refractivity contribution in [2.45, 2.75) is 13.3 Å². The van der Waals surface area contributed by atoms with Crippen LogP contribution in [0.1, 0.15) is 22.3 Å². The number of nitrogens with zero attached hydrogens (tertiary/aromatic N) is 1. The van der Waals surface area contributed by atoms with Crippen molar-refractivity contribution in [1.82, 2.24) is 5.32 Å². The summed E-state index contributed by atoms with van der Waals surface area (Å²) in [6.07, 6.45) is 0.508. The molecule has 0 atom stereocenters. The zero-order valence-electron chi connectivity index (χ0n) is 18.1. The van der Waals surface area contributed by atoms with E-state index in [9.17, 15) is 14.0 Å². The molecule has 0 saturated carbocycles. The highest BCUT2D eigenvalue weighted by molar-refractivity contribution is 6.01. The number of halogens is 1. The van der Waals surface area contributed by atoms with Crippen LogP contribution in [0.5, 0.6) is 5.75 Å². The minimum Gasteiger partial charge on any atom is -0.497 e. The van der Waals surface area contributed by atoms with Crippen molar-refractivity contribution in [3.63, 3.8) is 0 Å². The molecule has 3 aromatic carbocycles. The Bertz CT molecular complexity index is 1050. The minimum atomic E-state index is -0.377. The lowest BCUT2D eigenvalue weighted by Gasteiger charge is -2.23. The van der Waals surface area contributed by atoms with Crippen molar-refractivity contribution in [2.75, 3.05) is 30.4 Å². The molecule has 0 unspecified atom stereocenters. The first-order valence-electron chi connectivity index (χ1n) is 10.3. The number of anilines is 2. The fourth-order valence-corrected chi connectivity index (χ4v) is 3.10. The van der Waals surface area contributed by atoms with Gasteiger partial charge in [-0.05, 0) is 67.9 Å². The summed E-state index contributed by atoms with van der Waals surface area (Å²) in [5.74, 6) is 0.00689. The molecule has 0 aliphatic carbocycles. The van der Waals surface area contributed by atoms with Gasteiger partial charge in [-0.25, -0.2) is 9.18 Å². The fraction of sp³-hybridized carbons (Fsp3) is 0.200. The lowest BCUT2D eigenvalue weighted by molar-refractivity contribution is 0.0953. The maximum Gasteiger partial charge on any atom is 0.326 e. The van der Waals surface area contributed by atoms with E-state index in [1.807, 2.05) is 31.2 Å². The van der Waals surface area contributed by atoms with E-state index in [1.54, 1.807) is 43.5 Å². The zero-order valence-corrected chi connectivity index (χ0v) is 18.1. The van der Waals surface area contributed by atoms with E-state index in [1.165, 1.54) is 17.0 Å². The molecule has 166 valence electrons. The predicted octanol–water partition coefficient (Wildman–Crippen LogP) is 5.00. The van der Waals surface area contributed by atoms with Crippen LogP contribution in [-0.2, 0) is 0 Å². The van der Waals surface area contributed by atoms with Crippen molar-refractivity contribution >= 4 is 23.3 Å². The third-order valence-electron chi connectivity index (χ3n) is 4.86. The number of rotatable bonds is 8. The molecule has 0 aliphatic heterocycles. The maximum absolute atomic E-state index is 13.4. The minimum absolute atomic E-state index is 0.221. The molecule has 7 heteroatoms. The Balaban J connectivity index is 1.62. The first kappa shape index (κ1) is 22.8. The second-order valence-electron chi connectivity index (χ2n) is 7.27. The van der Waals surface area contributed by atoms with E-state index in [0.717, 1.165) is 5.56 Å². The molecule has 0 heterocycles. The van der Waals surface area contributed by atoms with Gasteiger partial charge in [-0.1, -0.05) is 23.8 Å². The predicted molar refractivity (Wildman–Crippen MR) is 124 cm³/mol.